The maximum absolute atomic E-state index is 11.7. The zero-order chi connectivity index (χ0) is 18.0. The van der Waals surface area contributed by atoms with Crippen LogP contribution in [0.25, 0.3) is 5.65 Å². The first-order valence-corrected chi connectivity index (χ1v) is 8.44. The van der Waals surface area contributed by atoms with Gasteiger partial charge in [-0.2, -0.15) is 0 Å². The van der Waals surface area contributed by atoms with E-state index in [2.05, 4.69) is 35.9 Å². The maximum Gasteiger partial charge on any atom is 0.356 e. The molecule has 5 nitrogen and oxygen atoms in total. The summed E-state index contributed by atoms with van der Waals surface area (Å²) in [5, 5.41) is 9.58. The molecule has 0 amide bonds. The molecule has 0 fully saturated rings. The number of hydrogen-bond acceptors (Lipinski definition) is 3. The second-order valence-corrected chi connectivity index (χ2v) is 6.63. The molecule has 2 aromatic heterocycles. The van der Waals surface area contributed by atoms with E-state index in [0.29, 0.717) is 12.2 Å². The number of benzene rings is 1. The summed E-state index contributed by atoms with van der Waals surface area (Å²) in [4.78, 5) is 18.3. The van der Waals surface area contributed by atoms with Crippen LogP contribution in [0.2, 0.25) is 0 Å². The van der Waals surface area contributed by atoms with Crippen molar-refractivity contribution in [1.82, 2.24) is 14.3 Å². The fourth-order valence-corrected chi connectivity index (χ4v) is 2.95. The van der Waals surface area contributed by atoms with Crippen LogP contribution in [0.3, 0.4) is 0 Å². The first kappa shape index (κ1) is 17.2. The highest BCUT2D eigenvalue weighted by molar-refractivity contribution is 5.88. The van der Waals surface area contributed by atoms with Crippen molar-refractivity contribution in [2.75, 3.05) is 0 Å². The Kier molecular flexibility index (Phi) is 4.86. The number of aromatic carboxylic acids is 1. The van der Waals surface area contributed by atoms with Gasteiger partial charge in [-0.25, -0.2) is 9.78 Å². The minimum atomic E-state index is -0.986. The molecule has 1 aromatic carbocycles. The van der Waals surface area contributed by atoms with Crippen LogP contribution in [-0.2, 0) is 13.1 Å². The van der Waals surface area contributed by atoms with Crippen molar-refractivity contribution < 1.29 is 9.90 Å². The van der Waals surface area contributed by atoms with Crippen LogP contribution in [0.4, 0.5) is 0 Å². The molecule has 0 aliphatic carbocycles. The number of carboxylic acid groups (broad SMARTS) is 1. The smallest absolute Gasteiger partial charge is 0.356 e. The van der Waals surface area contributed by atoms with Crippen molar-refractivity contribution in [2.45, 2.75) is 39.9 Å². The second-order valence-electron chi connectivity index (χ2n) is 6.63. The Morgan fingerprint density at radius 2 is 1.88 bits per heavy atom. The third-order valence-corrected chi connectivity index (χ3v) is 4.38. The average molecular weight is 337 g/mol. The standard InChI is InChI=1S/C20H23N3O2/c1-14(2)22(12-16-7-5-4-6-8-16)13-17-19(20(24)25)21-18-10-9-15(3)11-23(17)18/h4-11,14H,12-13H2,1-3H3,(H,24,25). The topological polar surface area (TPSA) is 57.8 Å². The van der Waals surface area contributed by atoms with Crippen molar-refractivity contribution in [2.24, 2.45) is 0 Å². The number of aryl methyl sites for hydroxylation is 1. The van der Waals surface area contributed by atoms with Crippen molar-refractivity contribution in [3.63, 3.8) is 0 Å². The maximum atomic E-state index is 11.7. The van der Waals surface area contributed by atoms with Crippen molar-refractivity contribution in [3.05, 3.63) is 71.2 Å². The van der Waals surface area contributed by atoms with Crippen LogP contribution in [0, 0.1) is 6.92 Å². The summed E-state index contributed by atoms with van der Waals surface area (Å²) in [7, 11) is 0. The van der Waals surface area contributed by atoms with E-state index >= 15 is 0 Å². The van der Waals surface area contributed by atoms with Gasteiger partial charge in [0.2, 0.25) is 0 Å². The Morgan fingerprint density at radius 3 is 2.52 bits per heavy atom. The molecule has 25 heavy (non-hydrogen) atoms. The number of aromatic nitrogens is 2. The van der Waals surface area contributed by atoms with Crippen molar-refractivity contribution in [3.8, 4) is 0 Å². The number of rotatable bonds is 6. The molecule has 0 saturated heterocycles. The summed E-state index contributed by atoms with van der Waals surface area (Å²) in [6.07, 6.45) is 1.95. The summed E-state index contributed by atoms with van der Waals surface area (Å²) in [5.41, 5.74) is 3.79. The van der Waals surface area contributed by atoms with Gasteiger partial charge in [-0.3, -0.25) is 4.90 Å². The third-order valence-electron chi connectivity index (χ3n) is 4.38. The summed E-state index contributed by atoms with van der Waals surface area (Å²) >= 11 is 0. The Labute approximate surface area is 147 Å². The highest BCUT2D eigenvalue weighted by Gasteiger charge is 2.22. The monoisotopic (exact) mass is 337 g/mol. The van der Waals surface area contributed by atoms with Crippen molar-refractivity contribution in [1.29, 1.82) is 0 Å². The van der Waals surface area contributed by atoms with Gasteiger partial charge in [0.15, 0.2) is 5.69 Å². The van der Waals surface area contributed by atoms with E-state index in [0.717, 1.165) is 17.8 Å². The lowest BCUT2D eigenvalue weighted by molar-refractivity contribution is 0.0687. The molecule has 3 rings (SSSR count). The number of carboxylic acids is 1. The Hall–Kier alpha value is -2.66. The number of hydrogen-bond donors (Lipinski definition) is 1. The van der Waals surface area contributed by atoms with E-state index in [1.807, 2.05) is 47.9 Å². The van der Waals surface area contributed by atoms with Gasteiger partial charge in [0.1, 0.15) is 5.65 Å². The Bertz CT molecular complexity index is 885. The van der Waals surface area contributed by atoms with Gasteiger partial charge in [0, 0.05) is 25.3 Å². The van der Waals surface area contributed by atoms with E-state index in [9.17, 15) is 9.90 Å². The van der Waals surface area contributed by atoms with E-state index in [-0.39, 0.29) is 11.7 Å². The first-order chi connectivity index (χ1) is 12.0. The minimum absolute atomic E-state index is 0.129. The Morgan fingerprint density at radius 1 is 1.16 bits per heavy atom. The zero-order valence-electron chi connectivity index (χ0n) is 14.8. The van der Waals surface area contributed by atoms with Crippen LogP contribution in [0.5, 0.6) is 0 Å². The first-order valence-electron chi connectivity index (χ1n) is 8.44. The highest BCUT2D eigenvalue weighted by atomic mass is 16.4. The third kappa shape index (κ3) is 3.72. The van der Waals surface area contributed by atoms with E-state index in [1.165, 1.54) is 5.56 Å². The van der Waals surface area contributed by atoms with Crippen LogP contribution in [0.15, 0.2) is 48.7 Å². The molecule has 3 aromatic rings. The molecule has 1 N–H and O–H groups in total. The quantitative estimate of drug-likeness (QED) is 0.744. The van der Waals surface area contributed by atoms with Crippen molar-refractivity contribution >= 4 is 11.6 Å². The number of fused-ring (bicyclic) bond motifs is 1. The zero-order valence-corrected chi connectivity index (χ0v) is 14.8. The molecular formula is C20H23N3O2. The molecule has 0 atom stereocenters. The molecule has 0 spiro atoms. The van der Waals surface area contributed by atoms with Gasteiger partial charge in [-0.1, -0.05) is 36.4 Å². The number of imidazole rings is 1. The lowest BCUT2D eigenvalue weighted by Crippen LogP contribution is -2.31. The molecule has 5 heteroatoms. The molecule has 0 unspecified atom stereocenters. The second kappa shape index (κ2) is 7.07. The fourth-order valence-electron chi connectivity index (χ4n) is 2.95. The van der Waals surface area contributed by atoms with Gasteiger partial charge >= 0.3 is 5.97 Å². The van der Waals surface area contributed by atoms with E-state index in [1.54, 1.807) is 0 Å². The number of nitrogens with zero attached hydrogens (tertiary/aromatic N) is 3. The molecule has 0 aliphatic rings. The largest absolute Gasteiger partial charge is 0.476 e. The molecule has 0 radical (unpaired) electrons. The van der Waals surface area contributed by atoms with Gasteiger partial charge in [-0.05, 0) is 38.0 Å². The van der Waals surface area contributed by atoms with E-state index in [4.69, 9.17) is 0 Å². The van der Waals surface area contributed by atoms with Crippen LogP contribution in [0.1, 0.15) is 41.2 Å². The van der Waals surface area contributed by atoms with E-state index < -0.39 is 5.97 Å². The van der Waals surface area contributed by atoms with Crippen LogP contribution in [-0.4, -0.2) is 31.4 Å². The predicted molar refractivity (Wildman–Crippen MR) is 97.7 cm³/mol. The average Bonchev–Trinajstić information content (AvgIpc) is 2.93. The lowest BCUT2D eigenvalue weighted by atomic mass is 10.1. The molecular weight excluding hydrogens is 314 g/mol. The molecule has 0 saturated carbocycles. The van der Waals surface area contributed by atoms with Gasteiger partial charge in [-0.15, -0.1) is 0 Å². The molecule has 0 bridgehead atoms. The summed E-state index contributed by atoms with van der Waals surface area (Å²) in [5.74, 6) is -0.986. The van der Waals surface area contributed by atoms with Crippen LogP contribution >= 0.6 is 0 Å². The number of carbonyl (C=O) groups is 1. The van der Waals surface area contributed by atoms with Gasteiger partial charge in [0.05, 0.1) is 5.69 Å². The number of pyridine rings is 1. The summed E-state index contributed by atoms with van der Waals surface area (Å²) in [6, 6.07) is 14.3. The van der Waals surface area contributed by atoms with Gasteiger partial charge < -0.3 is 9.51 Å². The molecule has 130 valence electrons. The normalized spacial score (nSPS) is 11.6. The molecule has 2 heterocycles. The Balaban J connectivity index is 2.00. The lowest BCUT2D eigenvalue weighted by Gasteiger charge is -2.26. The van der Waals surface area contributed by atoms with Gasteiger partial charge in [0.25, 0.3) is 0 Å². The summed E-state index contributed by atoms with van der Waals surface area (Å²) < 4.78 is 1.90. The minimum Gasteiger partial charge on any atom is -0.476 e. The highest BCUT2D eigenvalue weighted by Crippen LogP contribution is 2.19. The fraction of sp³-hybridized carbons (Fsp3) is 0.300. The summed E-state index contributed by atoms with van der Waals surface area (Å²) in [6.45, 7) is 7.53. The predicted octanol–water partition coefficient (Wildman–Crippen LogP) is 3.75. The molecule has 0 aliphatic heterocycles. The van der Waals surface area contributed by atoms with Crippen LogP contribution < -0.4 is 0 Å². The SMILES string of the molecule is Cc1ccc2nc(C(=O)O)c(CN(Cc3ccccc3)C(C)C)n2c1.